The number of esters is 1. The van der Waals surface area contributed by atoms with Crippen molar-refractivity contribution in [3.05, 3.63) is 28.8 Å². The summed E-state index contributed by atoms with van der Waals surface area (Å²) in [5, 5.41) is -0.140. The summed E-state index contributed by atoms with van der Waals surface area (Å²) in [7, 11) is -3.41. The van der Waals surface area contributed by atoms with E-state index in [1.807, 2.05) is 0 Å². The van der Waals surface area contributed by atoms with Gasteiger partial charge in [0, 0.05) is 0 Å². The van der Waals surface area contributed by atoms with Gasteiger partial charge in [0.25, 0.3) is 10.1 Å². The quantitative estimate of drug-likeness (QED) is 0.491. The van der Waals surface area contributed by atoms with Crippen molar-refractivity contribution in [2.75, 3.05) is 5.75 Å². The molecule has 0 saturated heterocycles. The maximum atomic E-state index is 12.6. The van der Waals surface area contributed by atoms with E-state index in [0.29, 0.717) is 5.46 Å². The van der Waals surface area contributed by atoms with E-state index in [1.54, 1.807) is 7.85 Å². The third-order valence-corrected chi connectivity index (χ3v) is 3.37. The molecular formula is C10H9BClF3O5S. The first-order chi connectivity index (χ1) is 9.40. The van der Waals surface area contributed by atoms with E-state index < -0.39 is 34.1 Å². The number of halogens is 4. The van der Waals surface area contributed by atoms with Crippen LogP contribution in [0.15, 0.2) is 18.2 Å². The lowest BCUT2D eigenvalue weighted by Gasteiger charge is -2.19. The molecule has 116 valence electrons. The van der Waals surface area contributed by atoms with E-state index in [9.17, 15) is 26.4 Å². The van der Waals surface area contributed by atoms with E-state index in [4.69, 9.17) is 16.2 Å². The van der Waals surface area contributed by atoms with E-state index >= 15 is 0 Å². The molecule has 0 saturated carbocycles. The van der Waals surface area contributed by atoms with Gasteiger partial charge in [-0.05, 0) is 6.07 Å². The van der Waals surface area contributed by atoms with Gasteiger partial charge in [-0.25, -0.2) is 4.79 Å². The highest BCUT2D eigenvalue weighted by atomic mass is 35.5. The van der Waals surface area contributed by atoms with Crippen LogP contribution in [0.5, 0.6) is 0 Å². The number of rotatable bonds is 4. The first kappa shape index (κ1) is 17.8. The maximum Gasteiger partial charge on any atom is 0.426 e. The van der Waals surface area contributed by atoms with Crippen LogP contribution in [-0.2, 0) is 14.9 Å². The number of hydrogen-bond acceptors (Lipinski definition) is 4. The van der Waals surface area contributed by atoms with E-state index in [0.717, 1.165) is 0 Å². The summed E-state index contributed by atoms with van der Waals surface area (Å²) < 4.78 is 71.6. The van der Waals surface area contributed by atoms with Crippen molar-refractivity contribution in [3.8, 4) is 0 Å². The zero-order valence-electron chi connectivity index (χ0n) is 10.5. The Labute approximate surface area is 124 Å². The van der Waals surface area contributed by atoms with Crippen LogP contribution in [0.2, 0.25) is 5.02 Å². The van der Waals surface area contributed by atoms with Crippen LogP contribution in [0.4, 0.5) is 13.2 Å². The van der Waals surface area contributed by atoms with Gasteiger partial charge in [0.05, 0.1) is 10.6 Å². The van der Waals surface area contributed by atoms with Crippen molar-refractivity contribution >= 4 is 41.0 Å². The van der Waals surface area contributed by atoms with Crippen LogP contribution in [0.25, 0.3) is 0 Å². The van der Waals surface area contributed by atoms with Gasteiger partial charge < -0.3 is 4.74 Å². The SMILES string of the molecule is Bc1ccc(Cl)c(C(=O)OC(CS(=O)(=O)O)C(F)(F)F)c1. The lowest BCUT2D eigenvalue weighted by Crippen LogP contribution is -2.39. The highest BCUT2D eigenvalue weighted by Crippen LogP contribution is 2.26. The molecule has 21 heavy (non-hydrogen) atoms. The molecule has 1 N–H and O–H groups in total. The lowest BCUT2D eigenvalue weighted by molar-refractivity contribution is -0.197. The van der Waals surface area contributed by atoms with Crippen molar-refractivity contribution in [1.29, 1.82) is 0 Å². The molecule has 5 nitrogen and oxygen atoms in total. The molecule has 0 fully saturated rings. The smallest absolute Gasteiger partial charge is 0.426 e. The fourth-order valence-corrected chi connectivity index (χ4v) is 2.21. The molecule has 1 aromatic carbocycles. The van der Waals surface area contributed by atoms with E-state index in [1.165, 1.54) is 18.2 Å². The summed E-state index contributed by atoms with van der Waals surface area (Å²) in [6.07, 6.45) is -8.14. The monoisotopic (exact) mass is 344 g/mol. The van der Waals surface area contributed by atoms with Crippen molar-refractivity contribution in [3.63, 3.8) is 0 Å². The lowest BCUT2D eigenvalue weighted by atomic mass is 9.94. The number of benzene rings is 1. The molecule has 0 aromatic heterocycles. The zero-order valence-corrected chi connectivity index (χ0v) is 12.1. The molecule has 0 heterocycles. The van der Waals surface area contributed by atoms with Gasteiger partial charge in [-0.2, -0.15) is 21.6 Å². The molecule has 1 rings (SSSR count). The van der Waals surface area contributed by atoms with Gasteiger partial charge in [-0.3, -0.25) is 4.55 Å². The Bertz CT molecular complexity index is 647. The molecule has 0 bridgehead atoms. The van der Waals surface area contributed by atoms with Crippen molar-refractivity contribution in [2.45, 2.75) is 12.3 Å². The largest absolute Gasteiger partial charge is 0.448 e. The predicted octanol–water partition coefficient (Wildman–Crippen LogP) is 0.574. The molecule has 0 amide bonds. The molecule has 0 aliphatic rings. The Kier molecular flexibility index (Phi) is 5.29. The topological polar surface area (TPSA) is 80.7 Å². The number of alkyl halides is 3. The number of ether oxygens (including phenoxy) is 1. The molecule has 1 aromatic rings. The summed E-state index contributed by atoms with van der Waals surface area (Å²) in [5.74, 6) is -3.22. The number of hydrogen-bond donors (Lipinski definition) is 1. The molecule has 1 unspecified atom stereocenters. The summed E-state index contributed by atoms with van der Waals surface area (Å²) in [5.41, 5.74) is 0.214. The van der Waals surface area contributed by atoms with Gasteiger partial charge in [0.2, 0.25) is 6.10 Å². The Morgan fingerprint density at radius 3 is 2.48 bits per heavy atom. The summed E-state index contributed by atoms with van der Waals surface area (Å²) >= 11 is 5.67. The van der Waals surface area contributed by atoms with Crippen LogP contribution in [0, 0.1) is 0 Å². The molecule has 0 aliphatic carbocycles. The van der Waals surface area contributed by atoms with Gasteiger partial charge in [0.1, 0.15) is 13.6 Å². The predicted molar refractivity (Wildman–Crippen MR) is 71.3 cm³/mol. The third-order valence-electron chi connectivity index (χ3n) is 2.32. The average molecular weight is 345 g/mol. The Balaban J connectivity index is 3.03. The first-order valence-electron chi connectivity index (χ1n) is 5.39. The fraction of sp³-hybridized carbons (Fsp3) is 0.300. The molecule has 11 heteroatoms. The second kappa shape index (κ2) is 6.24. The highest BCUT2D eigenvalue weighted by Gasteiger charge is 2.45. The second-order valence-corrected chi connectivity index (χ2v) is 6.07. The third kappa shape index (κ3) is 5.56. The van der Waals surface area contributed by atoms with Gasteiger partial charge in [-0.15, -0.1) is 0 Å². The second-order valence-electron chi connectivity index (χ2n) is 4.17. The van der Waals surface area contributed by atoms with E-state index in [2.05, 4.69) is 4.74 Å². The first-order valence-corrected chi connectivity index (χ1v) is 7.38. The van der Waals surface area contributed by atoms with Crippen LogP contribution in [0.3, 0.4) is 0 Å². The van der Waals surface area contributed by atoms with Gasteiger partial charge >= 0.3 is 12.1 Å². The highest BCUT2D eigenvalue weighted by molar-refractivity contribution is 7.85. The van der Waals surface area contributed by atoms with Gasteiger partial charge in [0.15, 0.2) is 0 Å². The number of carbonyl (C=O) groups excluding carboxylic acids is 1. The Hall–Kier alpha value is -1.26. The molecule has 0 spiro atoms. The Morgan fingerprint density at radius 2 is 2.00 bits per heavy atom. The van der Waals surface area contributed by atoms with Crippen molar-refractivity contribution < 1.29 is 35.7 Å². The summed E-state index contributed by atoms with van der Waals surface area (Å²) in [6, 6.07) is 4.02. The minimum absolute atomic E-state index is 0.140. The molecule has 0 aliphatic heterocycles. The van der Waals surface area contributed by atoms with Gasteiger partial charge in [-0.1, -0.05) is 29.2 Å². The maximum absolute atomic E-state index is 12.6. The van der Waals surface area contributed by atoms with Crippen LogP contribution in [-0.4, -0.2) is 44.8 Å². The van der Waals surface area contributed by atoms with Crippen molar-refractivity contribution in [1.82, 2.24) is 0 Å². The molecular weight excluding hydrogens is 335 g/mol. The Morgan fingerprint density at radius 1 is 1.43 bits per heavy atom. The zero-order chi connectivity index (χ0) is 16.4. The standard InChI is InChI=1S/C10H9BClF3O5S/c11-5-1-2-7(12)6(3-5)9(16)20-8(10(13,14)15)4-21(17,18)19/h1-3,8H,4,11H2,(H,17,18,19). The normalized spacial score (nSPS) is 13.8. The average Bonchev–Trinajstić information content (AvgIpc) is 2.28. The molecule has 1 atom stereocenters. The van der Waals surface area contributed by atoms with Crippen LogP contribution in [0.1, 0.15) is 10.4 Å². The summed E-state index contributed by atoms with van der Waals surface area (Å²) in [6.45, 7) is 0. The molecule has 0 radical (unpaired) electrons. The minimum atomic E-state index is -5.15. The van der Waals surface area contributed by atoms with Crippen LogP contribution >= 0.6 is 11.6 Å². The van der Waals surface area contributed by atoms with Crippen molar-refractivity contribution in [2.24, 2.45) is 0 Å². The van der Waals surface area contributed by atoms with E-state index in [-0.39, 0.29) is 10.6 Å². The fourth-order valence-electron chi connectivity index (χ4n) is 1.37. The van der Waals surface area contributed by atoms with Crippen LogP contribution < -0.4 is 5.46 Å². The summed E-state index contributed by atoms with van der Waals surface area (Å²) in [4.78, 5) is 11.7. The minimum Gasteiger partial charge on any atom is -0.448 e. The number of carbonyl (C=O) groups is 1.